The van der Waals surface area contributed by atoms with Crippen molar-refractivity contribution in [3.05, 3.63) is 11.7 Å². The van der Waals surface area contributed by atoms with Gasteiger partial charge < -0.3 is 9.84 Å². The average Bonchev–Trinajstić information content (AvgIpc) is 2.81. The predicted molar refractivity (Wildman–Crippen MR) is 62.3 cm³/mol. The van der Waals surface area contributed by atoms with Crippen molar-refractivity contribution >= 4 is 9.84 Å². The molecule has 2 unspecified atom stereocenters. The van der Waals surface area contributed by atoms with Gasteiger partial charge in [0.15, 0.2) is 15.7 Å². The van der Waals surface area contributed by atoms with Crippen LogP contribution in [0.5, 0.6) is 0 Å². The molecule has 7 heteroatoms. The summed E-state index contributed by atoms with van der Waals surface area (Å²) in [5.41, 5.74) is 0. The highest BCUT2D eigenvalue weighted by atomic mass is 32.2. The van der Waals surface area contributed by atoms with Crippen molar-refractivity contribution in [2.75, 3.05) is 13.3 Å². The second-order valence-electron chi connectivity index (χ2n) is 4.55. The number of nitrogens with zero attached hydrogens (tertiary/aromatic N) is 2. The molecule has 2 atom stereocenters. The van der Waals surface area contributed by atoms with E-state index in [0.29, 0.717) is 11.9 Å². The van der Waals surface area contributed by atoms with Crippen molar-refractivity contribution in [3.63, 3.8) is 0 Å². The molecule has 0 radical (unpaired) electrons. The highest BCUT2D eigenvalue weighted by Crippen LogP contribution is 2.33. The van der Waals surface area contributed by atoms with E-state index in [1.165, 1.54) is 0 Å². The summed E-state index contributed by atoms with van der Waals surface area (Å²) < 4.78 is 27.4. The standard InChI is InChI=1S/C10H17N3O3S/c1-11-8-5-3-4-7(8)10-12-9(13-16-10)6-17(2,14)15/h7-8,11H,3-6H2,1-2H3. The van der Waals surface area contributed by atoms with Crippen LogP contribution in [0, 0.1) is 0 Å². The Kier molecular flexibility index (Phi) is 3.48. The molecular weight excluding hydrogens is 242 g/mol. The number of likely N-dealkylation sites (N-methyl/N-ethyl adjacent to an activating group) is 1. The van der Waals surface area contributed by atoms with E-state index < -0.39 is 9.84 Å². The molecule has 1 aliphatic rings. The minimum absolute atomic E-state index is 0.159. The minimum atomic E-state index is -3.11. The fourth-order valence-corrected chi connectivity index (χ4v) is 2.90. The van der Waals surface area contributed by atoms with Crippen LogP contribution in [0.2, 0.25) is 0 Å². The normalized spacial score (nSPS) is 25.3. The van der Waals surface area contributed by atoms with Crippen molar-refractivity contribution in [2.45, 2.75) is 37.0 Å². The third kappa shape index (κ3) is 3.04. The van der Waals surface area contributed by atoms with Crippen LogP contribution >= 0.6 is 0 Å². The number of aromatic nitrogens is 2. The van der Waals surface area contributed by atoms with Crippen molar-refractivity contribution in [1.29, 1.82) is 0 Å². The second kappa shape index (κ2) is 4.73. The molecular formula is C10H17N3O3S. The van der Waals surface area contributed by atoms with E-state index in [2.05, 4.69) is 15.5 Å². The van der Waals surface area contributed by atoms with Crippen molar-refractivity contribution < 1.29 is 12.9 Å². The number of hydrogen-bond acceptors (Lipinski definition) is 6. The maximum absolute atomic E-state index is 11.1. The Morgan fingerprint density at radius 1 is 1.47 bits per heavy atom. The van der Waals surface area contributed by atoms with Gasteiger partial charge in [0.2, 0.25) is 5.89 Å². The Labute approximate surface area is 101 Å². The topological polar surface area (TPSA) is 85.1 Å². The first-order chi connectivity index (χ1) is 7.99. The number of sulfone groups is 1. The number of nitrogens with one attached hydrogen (secondary N) is 1. The summed E-state index contributed by atoms with van der Waals surface area (Å²) in [5.74, 6) is 0.860. The first-order valence-corrected chi connectivity index (χ1v) is 7.73. The number of rotatable bonds is 4. The summed E-state index contributed by atoms with van der Waals surface area (Å²) in [4.78, 5) is 4.18. The van der Waals surface area contributed by atoms with Crippen LogP contribution in [0.4, 0.5) is 0 Å². The molecule has 0 saturated heterocycles. The van der Waals surface area contributed by atoms with E-state index in [4.69, 9.17) is 4.52 Å². The molecule has 0 bridgehead atoms. The lowest BCUT2D eigenvalue weighted by atomic mass is 10.0. The summed E-state index contributed by atoms with van der Waals surface area (Å²) in [7, 11) is -1.19. The van der Waals surface area contributed by atoms with E-state index in [-0.39, 0.29) is 17.5 Å². The number of hydrogen-bond donors (Lipinski definition) is 1. The smallest absolute Gasteiger partial charge is 0.231 e. The lowest BCUT2D eigenvalue weighted by Crippen LogP contribution is -2.27. The second-order valence-corrected chi connectivity index (χ2v) is 6.69. The SMILES string of the molecule is CNC1CCCC1c1nc(CS(C)(=O)=O)no1. The van der Waals surface area contributed by atoms with Crippen LogP contribution in [0.1, 0.15) is 36.9 Å². The molecule has 0 aromatic carbocycles. The Morgan fingerprint density at radius 2 is 2.24 bits per heavy atom. The summed E-state index contributed by atoms with van der Waals surface area (Å²) >= 11 is 0. The van der Waals surface area contributed by atoms with Gasteiger partial charge in [-0.05, 0) is 19.9 Å². The Hall–Kier alpha value is -0.950. The van der Waals surface area contributed by atoms with Gasteiger partial charge in [-0.1, -0.05) is 11.6 Å². The molecule has 1 saturated carbocycles. The molecule has 0 aliphatic heterocycles. The van der Waals surface area contributed by atoms with Gasteiger partial charge >= 0.3 is 0 Å². The zero-order valence-electron chi connectivity index (χ0n) is 10.0. The van der Waals surface area contributed by atoms with E-state index >= 15 is 0 Å². The summed E-state index contributed by atoms with van der Waals surface area (Å²) in [6.45, 7) is 0. The van der Waals surface area contributed by atoms with Crippen LogP contribution in [-0.4, -0.2) is 37.9 Å². The van der Waals surface area contributed by atoms with Crippen LogP contribution in [0.25, 0.3) is 0 Å². The van der Waals surface area contributed by atoms with Gasteiger partial charge in [-0.2, -0.15) is 4.98 Å². The van der Waals surface area contributed by atoms with Gasteiger partial charge in [0.25, 0.3) is 0 Å². The van der Waals surface area contributed by atoms with Crippen LogP contribution in [0.15, 0.2) is 4.52 Å². The third-order valence-corrected chi connectivity index (χ3v) is 3.86. The first-order valence-electron chi connectivity index (χ1n) is 5.67. The van der Waals surface area contributed by atoms with Crippen molar-refractivity contribution in [1.82, 2.24) is 15.5 Å². The maximum Gasteiger partial charge on any atom is 0.231 e. The predicted octanol–water partition coefficient (Wildman–Crippen LogP) is 0.470. The van der Waals surface area contributed by atoms with Crippen LogP contribution < -0.4 is 5.32 Å². The fraction of sp³-hybridized carbons (Fsp3) is 0.800. The van der Waals surface area contributed by atoms with Gasteiger partial charge in [0.05, 0.1) is 5.92 Å². The zero-order chi connectivity index (χ0) is 12.5. The molecule has 96 valence electrons. The van der Waals surface area contributed by atoms with Gasteiger partial charge in [-0.15, -0.1) is 0 Å². The minimum Gasteiger partial charge on any atom is -0.339 e. The van der Waals surface area contributed by atoms with Crippen molar-refractivity contribution in [3.8, 4) is 0 Å². The van der Waals surface area contributed by atoms with E-state index in [1.807, 2.05) is 7.05 Å². The lowest BCUT2D eigenvalue weighted by Gasteiger charge is -2.14. The van der Waals surface area contributed by atoms with Gasteiger partial charge in [0.1, 0.15) is 5.75 Å². The Morgan fingerprint density at radius 3 is 2.88 bits per heavy atom. The van der Waals surface area contributed by atoms with Gasteiger partial charge in [-0.3, -0.25) is 0 Å². The average molecular weight is 259 g/mol. The summed E-state index contributed by atoms with van der Waals surface area (Å²) in [5, 5.41) is 6.95. The lowest BCUT2D eigenvalue weighted by molar-refractivity contribution is 0.333. The molecule has 1 heterocycles. The van der Waals surface area contributed by atoms with Gasteiger partial charge in [-0.25, -0.2) is 8.42 Å². The largest absolute Gasteiger partial charge is 0.339 e. The van der Waals surface area contributed by atoms with Crippen molar-refractivity contribution in [2.24, 2.45) is 0 Å². The van der Waals surface area contributed by atoms with E-state index in [1.54, 1.807) is 0 Å². The molecule has 1 fully saturated rings. The van der Waals surface area contributed by atoms with Crippen LogP contribution in [-0.2, 0) is 15.6 Å². The molecule has 17 heavy (non-hydrogen) atoms. The monoisotopic (exact) mass is 259 g/mol. The zero-order valence-corrected chi connectivity index (χ0v) is 10.8. The molecule has 1 aromatic heterocycles. The Bertz CT molecular complexity index is 483. The Balaban J connectivity index is 2.13. The summed E-state index contributed by atoms with van der Waals surface area (Å²) in [6, 6.07) is 0.349. The quantitative estimate of drug-likeness (QED) is 0.846. The highest BCUT2D eigenvalue weighted by molar-refractivity contribution is 7.89. The molecule has 6 nitrogen and oxygen atoms in total. The molecule has 0 spiro atoms. The molecule has 2 rings (SSSR count). The molecule has 0 amide bonds. The summed E-state index contributed by atoms with van der Waals surface area (Å²) in [6.07, 6.45) is 4.38. The van der Waals surface area contributed by atoms with E-state index in [9.17, 15) is 8.42 Å². The molecule has 1 aliphatic carbocycles. The first kappa shape index (κ1) is 12.5. The molecule has 1 aromatic rings. The highest BCUT2D eigenvalue weighted by Gasteiger charge is 2.31. The molecule has 1 N–H and O–H groups in total. The maximum atomic E-state index is 11.1. The van der Waals surface area contributed by atoms with E-state index in [0.717, 1.165) is 25.5 Å². The fourth-order valence-electron chi connectivity index (χ4n) is 2.31. The van der Waals surface area contributed by atoms with Gasteiger partial charge in [0, 0.05) is 12.3 Å². The van der Waals surface area contributed by atoms with Crippen LogP contribution in [0.3, 0.4) is 0 Å². The third-order valence-electron chi connectivity index (χ3n) is 3.08.